The fourth-order valence-corrected chi connectivity index (χ4v) is 3.27. The summed E-state index contributed by atoms with van der Waals surface area (Å²) in [6.07, 6.45) is 2.61. The highest BCUT2D eigenvalue weighted by molar-refractivity contribution is 8.00. The van der Waals surface area contributed by atoms with Gasteiger partial charge in [0.25, 0.3) is 0 Å². The summed E-state index contributed by atoms with van der Waals surface area (Å²) in [4.78, 5) is 1.47. The molecule has 15 heavy (non-hydrogen) atoms. The molecule has 82 valence electrons. The first-order valence-electron chi connectivity index (χ1n) is 5.70. The predicted molar refractivity (Wildman–Crippen MR) is 67.7 cm³/mol. The predicted octanol–water partition coefficient (Wildman–Crippen LogP) is 3.15. The summed E-state index contributed by atoms with van der Waals surface area (Å²) in [5.74, 6) is 0. The summed E-state index contributed by atoms with van der Waals surface area (Å²) in [5.41, 5.74) is 2.79. The van der Waals surface area contributed by atoms with Crippen molar-refractivity contribution in [2.24, 2.45) is 0 Å². The molecule has 1 aliphatic heterocycles. The maximum absolute atomic E-state index is 3.41. The van der Waals surface area contributed by atoms with Gasteiger partial charge in [0.05, 0.1) is 0 Å². The van der Waals surface area contributed by atoms with Gasteiger partial charge in [0, 0.05) is 10.1 Å². The van der Waals surface area contributed by atoms with Gasteiger partial charge in [-0.15, -0.1) is 11.8 Å². The largest absolute Gasteiger partial charge is 0.317 e. The molecule has 0 atom stereocenters. The number of nitrogens with one attached hydrogen (secondary N) is 1. The van der Waals surface area contributed by atoms with Gasteiger partial charge < -0.3 is 5.32 Å². The zero-order chi connectivity index (χ0) is 10.7. The highest BCUT2D eigenvalue weighted by Crippen LogP contribution is 2.31. The number of hydrogen-bond acceptors (Lipinski definition) is 2. The number of aryl methyl sites for hydroxylation is 2. The van der Waals surface area contributed by atoms with Crippen molar-refractivity contribution >= 4 is 11.8 Å². The molecule has 1 aliphatic rings. The number of rotatable bonds is 2. The van der Waals surface area contributed by atoms with Gasteiger partial charge in [0.1, 0.15) is 0 Å². The van der Waals surface area contributed by atoms with Gasteiger partial charge in [0.2, 0.25) is 0 Å². The van der Waals surface area contributed by atoms with Gasteiger partial charge >= 0.3 is 0 Å². The Bertz CT molecular complexity index is 329. The summed E-state index contributed by atoms with van der Waals surface area (Å²) >= 11 is 2.07. The molecular weight excluding hydrogens is 202 g/mol. The second kappa shape index (κ2) is 5.04. The molecule has 1 N–H and O–H groups in total. The first-order valence-corrected chi connectivity index (χ1v) is 6.58. The van der Waals surface area contributed by atoms with Crippen LogP contribution in [-0.2, 0) is 0 Å². The smallest absolute Gasteiger partial charge is 0.0119 e. The van der Waals surface area contributed by atoms with Crippen LogP contribution in [0.3, 0.4) is 0 Å². The molecular formula is C13H19NS. The summed E-state index contributed by atoms with van der Waals surface area (Å²) in [6.45, 7) is 6.75. The molecule has 1 fully saturated rings. The Morgan fingerprint density at radius 3 is 2.67 bits per heavy atom. The lowest BCUT2D eigenvalue weighted by Crippen LogP contribution is -2.29. The quantitative estimate of drug-likeness (QED) is 0.823. The van der Waals surface area contributed by atoms with E-state index < -0.39 is 0 Å². The van der Waals surface area contributed by atoms with Crippen molar-refractivity contribution in [2.75, 3.05) is 13.1 Å². The Kier molecular flexibility index (Phi) is 3.71. The number of benzene rings is 1. The summed E-state index contributed by atoms with van der Waals surface area (Å²) in [5, 5.41) is 4.22. The normalized spacial score (nSPS) is 18.0. The van der Waals surface area contributed by atoms with E-state index in [4.69, 9.17) is 0 Å². The van der Waals surface area contributed by atoms with Crippen LogP contribution in [0, 0.1) is 13.8 Å². The molecule has 1 nitrogen and oxygen atoms in total. The SMILES string of the molecule is Cc1ccc(C)c(SC2CCNCC2)c1. The molecule has 0 aromatic heterocycles. The Hall–Kier alpha value is -0.470. The van der Waals surface area contributed by atoms with Crippen LogP contribution in [0.1, 0.15) is 24.0 Å². The second-order valence-electron chi connectivity index (χ2n) is 4.34. The molecule has 0 saturated carbocycles. The molecule has 0 spiro atoms. The Labute approximate surface area is 96.7 Å². The lowest BCUT2D eigenvalue weighted by molar-refractivity contribution is 0.531. The standard InChI is InChI=1S/C13H19NS/c1-10-3-4-11(2)13(9-10)15-12-5-7-14-8-6-12/h3-4,9,12,14H,5-8H2,1-2H3. The minimum absolute atomic E-state index is 0.812. The molecule has 0 aliphatic carbocycles. The second-order valence-corrected chi connectivity index (χ2v) is 5.68. The minimum atomic E-state index is 0.812. The highest BCUT2D eigenvalue weighted by Gasteiger charge is 2.14. The van der Waals surface area contributed by atoms with Crippen LogP contribution in [0.25, 0.3) is 0 Å². The Morgan fingerprint density at radius 1 is 1.20 bits per heavy atom. The van der Waals surface area contributed by atoms with Crippen molar-refractivity contribution in [1.82, 2.24) is 5.32 Å². The molecule has 1 heterocycles. The topological polar surface area (TPSA) is 12.0 Å². The van der Waals surface area contributed by atoms with E-state index in [9.17, 15) is 0 Å². The van der Waals surface area contributed by atoms with Gasteiger partial charge in [-0.2, -0.15) is 0 Å². The van der Waals surface area contributed by atoms with Crippen molar-refractivity contribution < 1.29 is 0 Å². The third kappa shape index (κ3) is 2.99. The molecule has 1 aromatic rings. The minimum Gasteiger partial charge on any atom is -0.317 e. The lowest BCUT2D eigenvalue weighted by Gasteiger charge is -2.22. The fourth-order valence-electron chi connectivity index (χ4n) is 1.93. The molecule has 0 radical (unpaired) electrons. The first-order chi connectivity index (χ1) is 7.25. The van der Waals surface area contributed by atoms with Gasteiger partial charge in [-0.3, -0.25) is 0 Å². The van der Waals surface area contributed by atoms with E-state index in [0.717, 1.165) is 5.25 Å². The molecule has 2 rings (SSSR count). The maximum Gasteiger partial charge on any atom is 0.0119 e. The highest BCUT2D eigenvalue weighted by atomic mass is 32.2. The van der Waals surface area contributed by atoms with Crippen LogP contribution in [-0.4, -0.2) is 18.3 Å². The number of hydrogen-bond donors (Lipinski definition) is 1. The molecule has 1 aromatic carbocycles. The molecule has 0 amide bonds. The van der Waals surface area contributed by atoms with Crippen LogP contribution in [0.2, 0.25) is 0 Å². The first kappa shape index (κ1) is 11.0. The van der Waals surface area contributed by atoms with Crippen LogP contribution in [0.4, 0.5) is 0 Å². The summed E-state index contributed by atoms with van der Waals surface area (Å²) < 4.78 is 0. The van der Waals surface area contributed by atoms with Gasteiger partial charge in [-0.1, -0.05) is 17.7 Å². The average Bonchev–Trinajstić information content (AvgIpc) is 2.25. The molecule has 2 heteroatoms. The Balaban J connectivity index is 2.05. The monoisotopic (exact) mass is 221 g/mol. The van der Waals surface area contributed by atoms with E-state index in [1.165, 1.54) is 42.0 Å². The third-order valence-corrected chi connectivity index (χ3v) is 4.42. The van der Waals surface area contributed by atoms with E-state index in [2.05, 4.69) is 49.1 Å². The van der Waals surface area contributed by atoms with E-state index >= 15 is 0 Å². The van der Waals surface area contributed by atoms with Crippen molar-refractivity contribution in [3.8, 4) is 0 Å². The number of thioether (sulfide) groups is 1. The average molecular weight is 221 g/mol. The van der Waals surface area contributed by atoms with Crippen LogP contribution in [0.15, 0.2) is 23.1 Å². The lowest BCUT2D eigenvalue weighted by atomic mass is 10.2. The van der Waals surface area contributed by atoms with E-state index in [1.807, 2.05) is 0 Å². The maximum atomic E-state index is 3.41. The van der Waals surface area contributed by atoms with Crippen molar-refractivity contribution in [3.63, 3.8) is 0 Å². The van der Waals surface area contributed by atoms with Crippen molar-refractivity contribution in [3.05, 3.63) is 29.3 Å². The molecule has 0 unspecified atom stereocenters. The summed E-state index contributed by atoms with van der Waals surface area (Å²) in [6, 6.07) is 6.75. The van der Waals surface area contributed by atoms with Crippen molar-refractivity contribution in [1.29, 1.82) is 0 Å². The zero-order valence-electron chi connectivity index (χ0n) is 9.55. The molecule has 1 saturated heterocycles. The summed E-state index contributed by atoms with van der Waals surface area (Å²) in [7, 11) is 0. The van der Waals surface area contributed by atoms with Crippen LogP contribution in [0.5, 0.6) is 0 Å². The van der Waals surface area contributed by atoms with E-state index in [0.29, 0.717) is 0 Å². The third-order valence-electron chi connectivity index (χ3n) is 2.92. The van der Waals surface area contributed by atoms with Crippen molar-refractivity contribution in [2.45, 2.75) is 36.8 Å². The van der Waals surface area contributed by atoms with Crippen LogP contribution < -0.4 is 5.32 Å². The Morgan fingerprint density at radius 2 is 1.93 bits per heavy atom. The van der Waals surface area contributed by atoms with E-state index in [-0.39, 0.29) is 0 Å². The fraction of sp³-hybridized carbons (Fsp3) is 0.538. The van der Waals surface area contributed by atoms with Gasteiger partial charge in [-0.25, -0.2) is 0 Å². The van der Waals surface area contributed by atoms with Gasteiger partial charge in [-0.05, 0) is 51.4 Å². The van der Waals surface area contributed by atoms with Gasteiger partial charge in [0.15, 0.2) is 0 Å². The molecule has 0 bridgehead atoms. The number of piperidine rings is 1. The zero-order valence-corrected chi connectivity index (χ0v) is 10.4. The van der Waals surface area contributed by atoms with Crippen LogP contribution >= 0.6 is 11.8 Å². The van der Waals surface area contributed by atoms with E-state index in [1.54, 1.807) is 0 Å².